The van der Waals surface area contributed by atoms with E-state index < -0.39 is 11.8 Å². The monoisotopic (exact) mass is 426 g/mol. The molecule has 31 heavy (non-hydrogen) atoms. The molecule has 0 saturated heterocycles. The van der Waals surface area contributed by atoms with Crippen molar-refractivity contribution < 1.29 is 23.9 Å². The summed E-state index contributed by atoms with van der Waals surface area (Å²) < 4.78 is 10.4. The van der Waals surface area contributed by atoms with E-state index in [9.17, 15) is 14.4 Å². The van der Waals surface area contributed by atoms with Crippen LogP contribution in [-0.4, -0.2) is 50.8 Å². The fraction of sp³-hybridized carbons (Fsp3) is 0.273. The molecule has 3 amide bonds. The molecular weight excluding hydrogens is 400 g/mol. The first-order valence-electron chi connectivity index (χ1n) is 9.74. The molecule has 0 spiro atoms. The number of hydrazone groups is 1. The summed E-state index contributed by atoms with van der Waals surface area (Å²) in [6.07, 6.45) is 2.26. The average molecular weight is 426 g/mol. The normalized spacial score (nSPS) is 10.5. The Morgan fingerprint density at radius 2 is 1.77 bits per heavy atom. The van der Waals surface area contributed by atoms with E-state index in [0.717, 1.165) is 6.42 Å². The van der Waals surface area contributed by atoms with Crippen molar-refractivity contribution >= 4 is 29.6 Å². The molecule has 0 fully saturated rings. The molecule has 9 heteroatoms. The number of methoxy groups -OCH3 is 1. The van der Waals surface area contributed by atoms with Crippen molar-refractivity contribution in [1.29, 1.82) is 0 Å². The first kappa shape index (κ1) is 23.6. The zero-order chi connectivity index (χ0) is 22.5. The minimum absolute atomic E-state index is 0.200. The number of nitrogens with zero attached hydrogens (tertiary/aromatic N) is 1. The number of benzene rings is 2. The number of ether oxygens (including phenoxy) is 2. The highest BCUT2D eigenvalue weighted by molar-refractivity contribution is 6.35. The molecule has 0 heterocycles. The Balaban J connectivity index is 1.86. The minimum atomic E-state index is -0.903. The summed E-state index contributed by atoms with van der Waals surface area (Å²) in [5.74, 6) is -1.62. The van der Waals surface area contributed by atoms with Crippen molar-refractivity contribution in [3.8, 4) is 5.75 Å². The van der Waals surface area contributed by atoms with Crippen LogP contribution in [0.15, 0.2) is 53.6 Å². The number of hydrogen-bond acceptors (Lipinski definition) is 6. The molecule has 0 atom stereocenters. The Morgan fingerprint density at radius 3 is 2.48 bits per heavy atom. The zero-order valence-corrected chi connectivity index (χ0v) is 17.5. The third kappa shape index (κ3) is 8.27. The standard InChI is InChI=1S/C22H26N4O5/c1-3-16-8-10-18(11-9-16)25-20(27)15-31-19-7-5-4-6-17(19)14-24-26-22(29)21(28)23-12-13-30-2/h4-11,14H,3,12-13,15H2,1-2H3,(H,23,28)(H,25,27)(H,26,29)/b24-14-. The minimum Gasteiger partial charge on any atom is -0.483 e. The molecule has 9 nitrogen and oxygen atoms in total. The van der Waals surface area contributed by atoms with Crippen molar-refractivity contribution in [2.75, 3.05) is 32.2 Å². The van der Waals surface area contributed by atoms with Gasteiger partial charge >= 0.3 is 11.8 Å². The molecule has 0 radical (unpaired) electrons. The van der Waals surface area contributed by atoms with Gasteiger partial charge < -0.3 is 20.1 Å². The van der Waals surface area contributed by atoms with Gasteiger partial charge in [0.1, 0.15) is 5.75 Å². The van der Waals surface area contributed by atoms with E-state index >= 15 is 0 Å². The number of carbonyl (C=O) groups excluding carboxylic acids is 3. The van der Waals surface area contributed by atoms with Gasteiger partial charge in [0, 0.05) is 24.9 Å². The van der Waals surface area contributed by atoms with Gasteiger partial charge in [-0.05, 0) is 36.2 Å². The molecule has 0 aliphatic heterocycles. The molecule has 0 aliphatic carbocycles. The van der Waals surface area contributed by atoms with Gasteiger partial charge in [0.05, 0.1) is 12.8 Å². The lowest BCUT2D eigenvalue weighted by Crippen LogP contribution is -2.39. The fourth-order valence-corrected chi connectivity index (χ4v) is 2.44. The average Bonchev–Trinajstić information content (AvgIpc) is 2.79. The predicted octanol–water partition coefficient (Wildman–Crippen LogP) is 1.48. The van der Waals surface area contributed by atoms with Crippen LogP contribution >= 0.6 is 0 Å². The van der Waals surface area contributed by atoms with Crippen LogP contribution in [0.2, 0.25) is 0 Å². The number of hydrogen-bond donors (Lipinski definition) is 3. The second-order valence-electron chi connectivity index (χ2n) is 6.37. The van der Waals surface area contributed by atoms with Crippen molar-refractivity contribution in [3.05, 3.63) is 59.7 Å². The van der Waals surface area contributed by atoms with E-state index in [1.165, 1.54) is 18.9 Å². The lowest BCUT2D eigenvalue weighted by atomic mass is 10.1. The lowest BCUT2D eigenvalue weighted by molar-refractivity contribution is -0.139. The van der Waals surface area contributed by atoms with E-state index in [-0.39, 0.29) is 19.1 Å². The van der Waals surface area contributed by atoms with Crippen LogP contribution in [0.5, 0.6) is 5.75 Å². The van der Waals surface area contributed by atoms with Gasteiger partial charge in [0.15, 0.2) is 6.61 Å². The highest BCUT2D eigenvalue weighted by Crippen LogP contribution is 2.16. The summed E-state index contributed by atoms with van der Waals surface area (Å²) in [6, 6.07) is 14.5. The van der Waals surface area contributed by atoms with Crippen molar-refractivity contribution in [1.82, 2.24) is 10.7 Å². The van der Waals surface area contributed by atoms with Crippen molar-refractivity contribution in [2.24, 2.45) is 5.10 Å². The Hall–Kier alpha value is -3.72. The number of rotatable bonds is 10. The molecule has 2 aromatic carbocycles. The Kier molecular flexibility index (Phi) is 9.70. The largest absolute Gasteiger partial charge is 0.483 e. The summed E-state index contributed by atoms with van der Waals surface area (Å²) in [5.41, 5.74) is 4.53. The highest BCUT2D eigenvalue weighted by Gasteiger charge is 2.11. The van der Waals surface area contributed by atoms with Crippen LogP contribution in [0.3, 0.4) is 0 Å². The number of aryl methyl sites for hydroxylation is 1. The summed E-state index contributed by atoms with van der Waals surface area (Å²) in [6.45, 7) is 2.37. The quantitative estimate of drug-likeness (QED) is 0.230. The molecule has 0 aliphatic rings. The van der Waals surface area contributed by atoms with E-state index in [4.69, 9.17) is 9.47 Å². The second kappa shape index (κ2) is 12.8. The maximum atomic E-state index is 12.2. The molecular formula is C22H26N4O5. The topological polar surface area (TPSA) is 118 Å². The van der Waals surface area contributed by atoms with Crippen LogP contribution in [0.4, 0.5) is 5.69 Å². The van der Waals surface area contributed by atoms with Gasteiger partial charge in [-0.1, -0.05) is 31.2 Å². The fourth-order valence-electron chi connectivity index (χ4n) is 2.44. The molecule has 2 rings (SSSR count). The summed E-state index contributed by atoms with van der Waals surface area (Å²) in [4.78, 5) is 35.4. The van der Waals surface area contributed by atoms with Crippen LogP contribution in [0.1, 0.15) is 18.1 Å². The molecule has 0 saturated carbocycles. The maximum Gasteiger partial charge on any atom is 0.329 e. The number of para-hydroxylation sites is 1. The van der Waals surface area contributed by atoms with Crippen molar-refractivity contribution in [2.45, 2.75) is 13.3 Å². The molecule has 2 aromatic rings. The van der Waals surface area contributed by atoms with Gasteiger partial charge in [-0.25, -0.2) is 5.43 Å². The Morgan fingerprint density at radius 1 is 1.03 bits per heavy atom. The Labute approximate surface area is 180 Å². The van der Waals surface area contributed by atoms with E-state index in [1.807, 2.05) is 24.3 Å². The first-order chi connectivity index (χ1) is 15.0. The number of anilines is 1. The molecule has 0 aromatic heterocycles. The van der Waals surface area contributed by atoms with Gasteiger partial charge in [0.2, 0.25) is 0 Å². The predicted molar refractivity (Wildman–Crippen MR) is 117 cm³/mol. The third-order valence-corrected chi connectivity index (χ3v) is 4.09. The van der Waals surface area contributed by atoms with Gasteiger partial charge in [-0.3, -0.25) is 14.4 Å². The number of nitrogens with one attached hydrogen (secondary N) is 3. The second-order valence-corrected chi connectivity index (χ2v) is 6.37. The zero-order valence-electron chi connectivity index (χ0n) is 17.5. The molecule has 3 N–H and O–H groups in total. The van der Waals surface area contributed by atoms with Gasteiger partial charge in [0.25, 0.3) is 5.91 Å². The third-order valence-electron chi connectivity index (χ3n) is 4.09. The van der Waals surface area contributed by atoms with Crippen LogP contribution in [0, 0.1) is 0 Å². The van der Waals surface area contributed by atoms with Crippen molar-refractivity contribution in [3.63, 3.8) is 0 Å². The maximum absolute atomic E-state index is 12.2. The smallest absolute Gasteiger partial charge is 0.329 e. The van der Waals surface area contributed by atoms with Gasteiger partial charge in [-0.2, -0.15) is 5.10 Å². The van der Waals surface area contributed by atoms with E-state index in [2.05, 4.69) is 28.1 Å². The van der Waals surface area contributed by atoms with E-state index in [0.29, 0.717) is 23.6 Å². The molecule has 0 unspecified atom stereocenters. The van der Waals surface area contributed by atoms with Gasteiger partial charge in [-0.15, -0.1) is 0 Å². The highest BCUT2D eigenvalue weighted by atomic mass is 16.5. The summed E-state index contributed by atoms with van der Waals surface area (Å²) in [5, 5.41) is 8.92. The number of carbonyl (C=O) groups is 3. The molecule has 164 valence electrons. The Bertz CT molecular complexity index is 912. The summed E-state index contributed by atoms with van der Waals surface area (Å²) in [7, 11) is 1.49. The van der Waals surface area contributed by atoms with Crippen LogP contribution in [0.25, 0.3) is 0 Å². The first-order valence-corrected chi connectivity index (χ1v) is 9.74. The molecule has 0 bridgehead atoms. The summed E-state index contributed by atoms with van der Waals surface area (Å²) >= 11 is 0. The van der Waals surface area contributed by atoms with Crippen LogP contribution in [-0.2, 0) is 25.5 Å². The SMILES string of the molecule is CCc1ccc(NC(=O)COc2ccccc2/C=N\NC(=O)C(=O)NCCOC)cc1. The van der Waals surface area contributed by atoms with E-state index in [1.54, 1.807) is 24.3 Å². The number of amides is 3. The van der Waals surface area contributed by atoms with Crippen LogP contribution < -0.4 is 20.8 Å². The lowest BCUT2D eigenvalue weighted by Gasteiger charge is -2.10.